The number of nitrogens with one attached hydrogen (secondary N) is 1. The number of nitrogens with zero attached hydrogens (tertiary/aromatic N) is 1. The Hall–Kier alpha value is -0.860. The number of benzene rings is 1. The van der Waals surface area contributed by atoms with Gasteiger partial charge in [0, 0.05) is 31.2 Å². The highest BCUT2D eigenvalue weighted by atomic mass is 15.3. The highest BCUT2D eigenvalue weighted by molar-refractivity contribution is 5.15. The summed E-state index contributed by atoms with van der Waals surface area (Å²) in [4.78, 5) is 2.73. The van der Waals surface area contributed by atoms with Crippen LogP contribution in [0.1, 0.15) is 46.1 Å². The van der Waals surface area contributed by atoms with Crippen LogP contribution in [0.15, 0.2) is 30.3 Å². The van der Waals surface area contributed by atoms with Crippen molar-refractivity contribution in [1.82, 2.24) is 10.2 Å². The summed E-state index contributed by atoms with van der Waals surface area (Å²) in [6.07, 6.45) is 2.43. The van der Waals surface area contributed by atoms with E-state index >= 15 is 0 Å². The van der Waals surface area contributed by atoms with Crippen LogP contribution in [-0.4, -0.2) is 29.6 Å². The Morgan fingerprint density at radius 1 is 1.20 bits per heavy atom. The second kappa shape index (κ2) is 6.73. The molecule has 0 radical (unpaired) electrons. The minimum Gasteiger partial charge on any atom is -0.311 e. The first-order chi connectivity index (χ1) is 9.61. The van der Waals surface area contributed by atoms with Crippen LogP contribution in [0, 0.1) is 5.92 Å². The second-order valence-electron chi connectivity index (χ2n) is 6.53. The van der Waals surface area contributed by atoms with Crippen molar-refractivity contribution in [2.45, 2.75) is 58.7 Å². The molecule has 0 bridgehead atoms. The van der Waals surface area contributed by atoms with E-state index in [1.54, 1.807) is 0 Å². The highest BCUT2D eigenvalue weighted by Gasteiger charge is 2.39. The van der Waals surface area contributed by atoms with E-state index in [0.29, 0.717) is 17.5 Å². The molecule has 1 fully saturated rings. The third-order valence-corrected chi connectivity index (χ3v) is 5.12. The molecule has 2 rings (SSSR count). The standard InChI is InChI=1S/C18H30N2/c1-5-18(6-2)14-19-17(15(3)4)13-20(18)12-16-10-8-7-9-11-16/h7-11,15,17,19H,5-6,12-14H2,1-4H3. The third-order valence-electron chi connectivity index (χ3n) is 5.12. The molecular weight excluding hydrogens is 244 g/mol. The predicted molar refractivity (Wildman–Crippen MR) is 86.8 cm³/mol. The Kier molecular flexibility index (Phi) is 5.22. The van der Waals surface area contributed by atoms with E-state index in [2.05, 4.69) is 68.2 Å². The average Bonchev–Trinajstić information content (AvgIpc) is 2.48. The first kappa shape index (κ1) is 15.5. The van der Waals surface area contributed by atoms with E-state index in [4.69, 9.17) is 0 Å². The van der Waals surface area contributed by atoms with Crippen molar-refractivity contribution in [1.29, 1.82) is 0 Å². The Labute approximate surface area is 124 Å². The molecule has 2 nitrogen and oxygen atoms in total. The summed E-state index contributed by atoms with van der Waals surface area (Å²) in [6, 6.07) is 11.5. The summed E-state index contributed by atoms with van der Waals surface area (Å²) in [5.41, 5.74) is 1.75. The Morgan fingerprint density at radius 3 is 2.40 bits per heavy atom. The number of hydrogen-bond acceptors (Lipinski definition) is 2. The molecule has 1 saturated heterocycles. The fraction of sp³-hybridized carbons (Fsp3) is 0.667. The summed E-state index contributed by atoms with van der Waals surface area (Å²) in [5, 5.41) is 3.79. The molecule has 0 amide bonds. The van der Waals surface area contributed by atoms with E-state index in [1.165, 1.54) is 18.4 Å². The lowest BCUT2D eigenvalue weighted by atomic mass is 9.85. The van der Waals surface area contributed by atoms with Crippen LogP contribution in [-0.2, 0) is 6.54 Å². The van der Waals surface area contributed by atoms with Crippen molar-refractivity contribution < 1.29 is 0 Å². The van der Waals surface area contributed by atoms with Gasteiger partial charge in [0.15, 0.2) is 0 Å². The quantitative estimate of drug-likeness (QED) is 0.881. The van der Waals surface area contributed by atoms with Crippen molar-refractivity contribution in [3.05, 3.63) is 35.9 Å². The monoisotopic (exact) mass is 274 g/mol. The summed E-state index contributed by atoms with van der Waals surface area (Å²) in [6.45, 7) is 12.7. The molecule has 0 aliphatic carbocycles. The molecule has 0 aromatic heterocycles. The van der Waals surface area contributed by atoms with Gasteiger partial charge in [-0.15, -0.1) is 0 Å². The molecular formula is C18H30N2. The maximum absolute atomic E-state index is 3.79. The largest absolute Gasteiger partial charge is 0.311 e. The van der Waals surface area contributed by atoms with Gasteiger partial charge < -0.3 is 5.32 Å². The zero-order chi connectivity index (χ0) is 14.6. The van der Waals surface area contributed by atoms with Gasteiger partial charge in [-0.3, -0.25) is 4.90 Å². The molecule has 0 saturated carbocycles. The molecule has 20 heavy (non-hydrogen) atoms. The average molecular weight is 274 g/mol. The highest BCUT2D eigenvalue weighted by Crippen LogP contribution is 2.30. The minimum atomic E-state index is 0.321. The van der Waals surface area contributed by atoms with E-state index in [9.17, 15) is 0 Å². The van der Waals surface area contributed by atoms with Gasteiger partial charge in [0.1, 0.15) is 0 Å². The predicted octanol–water partition coefficient (Wildman–Crippen LogP) is 3.68. The van der Waals surface area contributed by atoms with Gasteiger partial charge in [0.05, 0.1) is 0 Å². The number of rotatable bonds is 5. The fourth-order valence-electron chi connectivity index (χ4n) is 3.36. The molecule has 1 aliphatic rings. The van der Waals surface area contributed by atoms with E-state index < -0.39 is 0 Å². The Bertz CT molecular complexity index is 395. The van der Waals surface area contributed by atoms with E-state index in [-0.39, 0.29) is 0 Å². The topological polar surface area (TPSA) is 15.3 Å². The van der Waals surface area contributed by atoms with Crippen molar-refractivity contribution in [3.63, 3.8) is 0 Å². The molecule has 1 aromatic rings. The van der Waals surface area contributed by atoms with Crippen LogP contribution < -0.4 is 5.32 Å². The SMILES string of the molecule is CCC1(CC)CNC(C(C)C)CN1Cc1ccccc1. The lowest BCUT2D eigenvalue weighted by molar-refractivity contribution is 0.0156. The van der Waals surface area contributed by atoms with Crippen LogP contribution in [0.5, 0.6) is 0 Å². The van der Waals surface area contributed by atoms with Crippen LogP contribution >= 0.6 is 0 Å². The van der Waals surface area contributed by atoms with Gasteiger partial charge >= 0.3 is 0 Å². The first-order valence-electron chi connectivity index (χ1n) is 8.13. The van der Waals surface area contributed by atoms with Gasteiger partial charge in [0.2, 0.25) is 0 Å². The molecule has 2 heteroatoms. The fourth-order valence-corrected chi connectivity index (χ4v) is 3.36. The molecule has 1 atom stereocenters. The molecule has 1 heterocycles. The van der Waals surface area contributed by atoms with E-state index in [1.807, 2.05) is 0 Å². The molecule has 1 aliphatic heterocycles. The number of piperazine rings is 1. The van der Waals surface area contributed by atoms with Crippen LogP contribution in [0.25, 0.3) is 0 Å². The third kappa shape index (κ3) is 3.24. The van der Waals surface area contributed by atoms with Crippen LogP contribution in [0.4, 0.5) is 0 Å². The van der Waals surface area contributed by atoms with Crippen molar-refractivity contribution in [2.75, 3.05) is 13.1 Å². The molecule has 112 valence electrons. The number of hydrogen-bond donors (Lipinski definition) is 1. The van der Waals surface area contributed by atoms with Crippen molar-refractivity contribution in [3.8, 4) is 0 Å². The molecule has 0 spiro atoms. The molecule has 1 aromatic carbocycles. The van der Waals surface area contributed by atoms with Crippen molar-refractivity contribution >= 4 is 0 Å². The summed E-state index contributed by atoms with van der Waals surface area (Å²) < 4.78 is 0. The normalized spacial score (nSPS) is 23.1. The Morgan fingerprint density at radius 2 is 1.85 bits per heavy atom. The van der Waals surface area contributed by atoms with Crippen LogP contribution in [0.2, 0.25) is 0 Å². The maximum atomic E-state index is 3.79. The van der Waals surface area contributed by atoms with Crippen LogP contribution in [0.3, 0.4) is 0 Å². The molecule has 1 N–H and O–H groups in total. The zero-order valence-electron chi connectivity index (χ0n) is 13.5. The van der Waals surface area contributed by atoms with Gasteiger partial charge in [-0.1, -0.05) is 58.0 Å². The first-order valence-corrected chi connectivity index (χ1v) is 8.13. The lowest BCUT2D eigenvalue weighted by Crippen LogP contribution is -2.64. The van der Waals surface area contributed by atoms with E-state index in [0.717, 1.165) is 19.6 Å². The van der Waals surface area contributed by atoms with Crippen molar-refractivity contribution in [2.24, 2.45) is 5.92 Å². The smallest absolute Gasteiger partial charge is 0.0333 e. The second-order valence-corrected chi connectivity index (χ2v) is 6.53. The zero-order valence-corrected chi connectivity index (χ0v) is 13.5. The molecule has 1 unspecified atom stereocenters. The maximum Gasteiger partial charge on any atom is 0.0333 e. The summed E-state index contributed by atoms with van der Waals surface area (Å²) in [7, 11) is 0. The van der Waals surface area contributed by atoms with Gasteiger partial charge in [0.25, 0.3) is 0 Å². The van der Waals surface area contributed by atoms with Gasteiger partial charge in [-0.05, 0) is 24.3 Å². The Balaban J connectivity index is 2.17. The van der Waals surface area contributed by atoms with Gasteiger partial charge in [-0.2, -0.15) is 0 Å². The summed E-state index contributed by atoms with van der Waals surface area (Å²) in [5.74, 6) is 0.694. The lowest BCUT2D eigenvalue weighted by Gasteiger charge is -2.50. The summed E-state index contributed by atoms with van der Waals surface area (Å²) >= 11 is 0. The minimum absolute atomic E-state index is 0.321. The van der Waals surface area contributed by atoms with Gasteiger partial charge in [-0.25, -0.2) is 0 Å².